The van der Waals surface area contributed by atoms with E-state index in [9.17, 15) is 13.6 Å². The molecule has 0 bridgehead atoms. The number of para-hydroxylation sites is 2. The van der Waals surface area contributed by atoms with Gasteiger partial charge in [-0.15, -0.1) is 0 Å². The van der Waals surface area contributed by atoms with Gasteiger partial charge in [0.2, 0.25) is 5.75 Å². The SMILES string of the molecule is COc1ccccc1Oc1c(Cl)nc(-c2cc[n+]([O-])cc2)nc1NS(=O)(=O)c1cccnc1. The standard InChI is InChI=1S/C21H16ClN5O5S/c1-31-16-6-2-3-7-17(16)32-18-19(22)24-20(14-8-11-27(28)12-9-14)25-21(18)26-33(29,30)15-5-4-10-23-13-15/h2-13H,1H3,(H,24,25,26). The summed E-state index contributed by atoms with van der Waals surface area (Å²) in [5.74, 6) is 0.400. The minimum Gasteiger partial charge on any atom is -0.619 e. The van der Waals surface area contributed by atoms with Crippen LogP contribution in [0.1, 0.15) is 0 Å². The van der Waals surface area contributed by atoms with Gasteiger partial charge in [-0.3, -0.25) is 9.71 Å². The molecule has 0 saturated carbocycles. The molecule has 0 aliphatic heterocycles. The van der Waals surface area contributed by atoms with Crippen molar-refractivity contribution in [3.63, 3.8) is 0 Å². The van der Waals surface area contributed by atoms with E-state index in [4.69, 9.17) is 21.1 Å². The molecule has 3 heterocycles. The van der Waals surface area contributed by atoms with Gasteiger partial charge in [-0.1, -0.05) is 23.7 Å². The molecule has 0 fully saturated rings. The van der Waals surface area contributed by atoms with E-state index in [1.165, 1.54) is 56.2 Å². The van der Waals surface area contributed by atoms with Crippen LogP contribution in [0, 0.1) is 5.21 Å². The average Bonchev–Trinajstić information content (AvgIpc) is 2.82. The van der Waals surface area contributed by atoms with E-state index in [1.807, 2.05) is 0 Å². The molecule has 168 valence electrons. The van der Waals surface area contributed by atoms with Gasteiger partial charge in [-0.05, 0) is 24.3 Å². The predicted molar refractivity (Wildman–Crippen MR) is 120 cm³/mol. The first-order valence-corrected chi connectivity index (χ1v) is 11.2. The van der Waals surface area contributed by atoms with Gasteiger partial charge in [-0.2, -0.15) is 4.73 Å². The van der Waals surface area contributed by atoms with Crippen molar-refractivity contribution in [3.8, 4) is 28.6 Å². The minimum atomic E-state index is -4.09. The molecule has 0 spiro atoms. The zero-order valence-electron chi connectivity index (χ0n) is 17.0. The Morgan fingerprint density at radius 1 is 1.03 bits per heavy atom. The molecule has 4 rings (SSSR count). The van der Waals surface area contributed by atoms with Gasteiger partial charge in [-0.25, -0.2) is 18.4 Å². The van der Waals surface area contributed by atoms with E-state index in [1.54, 1.807) is 24.3 Å². The van der Waals surface area contributed by atoms with Gasteiger partial charge < -0.3 is 14.7 Å². The first-order chi connectivity index (χ1) is 15.9. The van der Waals surface area contributed by atoms with Crippen molar-refractivity contribution in [2.24, 2.45) is 0 Å². The maximum Gasteiger partial charge on any atom is 0.264 e. The lowest BCUT2D eigenvalue weighted by atomic mass is 10.2. The summed E-state index contributed by atoms with van der Waals surface area (Å²) in [5.41, 5.74) is 0.440. The average molecular weight is 486 g/mol. The molecule has 0 atom stereocenters. The molecule has 12 heteroatoms. The predicted octanol–water partition coefficient (Wildman–Crippen LogP) is 3.43. The molecular formula is C21H16ClN5O5S. The highest BCUT2D eigenvalue weighted by atomic mass is 35.5. The van der Waals surface area contributed by atoms with Gasteiger partial charge in [0.25, 0.3) is 10.0 Å². The number of nitrogens with one attached hydrogen (secondary N) is 1. The topological polar surface area (TPSA) is 130 Å². The molecule has 0 aliphatic carbocycles. The van der Waals surface area contributed by atoms with Crippen LogP contribution in [0.2, 0.25) is 5.15 Å². The van der Waals surface area contributed by atoms with Crippen LogP contribution in [0.15, 0.2) is 78.2 Å². The van der Waals surface area contributed by atoms with Gasteiger partial charge >= 0.3 is 0 Å². The molecular weight excluding hydrogens is 470 g/mol. The molecule has 4 aromatic rings. The van der Waals surface area contributed by atoms with Crippen molar-refractivity contribution in [2.45, 2.75) is 4.90 Å². The lowest BCUT2D eigenvalue weighted by Gasteiger charge is -2.16. The summed E-state index contributed by atoms with van der Waals surface area (Å²) < 4.78 is 40.0. The first kappa shape index (κ1) is 22.2. The Balaban J connectivity index is 1.83. The summed E-state index contributed by atoms with van der Waals surface area (Å²) in [4.78, 5) is 12.3. The third-order valence-corrected chi connectivity index (χ3v) is 5.92. The summed E-state index contributed by atoms with van der Waals surface area (Å²) in [7, 11) is -2.63. The highest BCUT2D eigenvalue weighted by molar-refractivity contribution is 7.92. The summed E-state index contributed by atoms with van der Waals surface area (Å²) >= 11 is 6.40. The van der Waals surface area contributed by atoms with Crippen LogP contribution in [0.4, 0.5) is 5.82 Å². The van der Waals surface area contributed by atoms with Crippen LogP contribution in [-0.2, 0) is 10.0 Å². The number of sulfonamides is 1. The number of pyridine rings is 2. The van der Waals surface area contributed by atoms with Crippen molar-refractivity contribution >= 4 is 27.4 Å². The van der Waals surface area contributed by atoms with Crippen molar-refractivity contribution in [1.82, 2.24) is 15.0 Å². The van der Waals surface area contributed by atoms with E-state index in [2.05, 4.69) is 19.7 Å². The smallest absolute Gasteiger partial charge is 0.264 e. The number of rotatable bonds is 7. The number of methoxy groups -OCH3 is 1. The number of anilines is 1. The molecule has 0 amide bonds. The summed E-state index contributed by atoms with van der Waals surface area (Å²) in [6, 6.07) is 12.6. The van der Waals surface area contributed by atoms with Gasteiger partial charge in [0.05, 0.1) is 7.11 Å². The highest BCUT2D eigenvalue weighted by Crippen LogP contribution is 2.39. The van der Waals surface area contributed by atoms with E-state index in [-0.39, 0.29) is 33.2 Å². The summed E-state index contributed by atoms with van der Waals surface area (Å²) in [6.45, 7) is 0. The van der Waals surface area contributed by atoms with Crippen molar-refractivity contribution < 1.29 is 22.6 Å². The lowest BCUT2D eigenvalue weighted by molar-refractivity contribution is -0.605. The monoisotopic (exact) mass is 485 g/mol. The fourth-order valence-corrected chi connectivity index (χ4v) is 3.96. The van der Waals surface area contributed by atoms with Crippen LogP contribution >= 0.6 is 11.6 Å². The summed E-state index contributed by atoms with van der Waals surface area (Å²) in [5, 5.41) is 11.2. The molecule has 0 aliphatic rings. The number of halogens is 1. The van der Waals surface area contributed by atoms with Crippen LogP contribution in [-0.4, -0.2) is 30.5 Å². The van der Waals surface area contributed by atoms with Gasteiger partial charge in [0.1, 0.15) is 4.90 Å². The van der Waals surface area contributed by atoms with Gasteiger partial charge in [0.15, 0.2) is 40.7 Å². The van der Waals surface area contributed by atoms with E-state index in [0.717, 1.165) is 0 Å². The number of nitrogens with zero attached hydrogens (tertiary/aromatic N) is 4. The Bertz CT molecular complexity index is 1390. The summed E-state index contributed by atoms with van der Waals surface area (Å²) in [6.07, 6.45) is 5.15. The molecule has 0 saturated heterocycles. The maximum atomic E-state index is 13.0. The number of ether oxygens (including phenoxy) is 2. The third-order valence-electron chi connectivity index (χ3n) is 4.34. The highest BCUT2D eigenvalue weighted by Gasteiger charge is 2.23. The Morgan fingerprint density at radius 2 is 1.76 bits per heavy atom. The van der Waals surface area contributed by atoms with E-state index >= 15 is 0 Å². The molecule has 0 radical (unpaired) electrons. The Labute approximate surface area is 194 Å². The molecule has 1 aromatic carbocycles. The van der Waals surface area contributed by atoms with Crippen molar-refractivity contribution in [1.29, 1.82) is 0 Å². The minimum absolute atomic E-state index is 0.0804. The maximum absolute atomic E-state index is 13.0. The lowest BCUT2D eigenvalue weighted by Crippen LogP contribution is -2.23. The number of hydrogen-bond acceptors (Lipinski definition) is 8. The molecule has 10 nitrogen and oxygen atoms in total. The van der Waals surface area contributed by atoms with E-state index in [0.29, 0.717) is 16.0 Å². The second-order valence-corrected chi connectivity index (χ2v) is 8.55. The second kappa shape index (κ2) is 9.27. The quantitative estimate of drug-likeness (QED) is 0.239. The van der Waals surface area contributed by atoms with Crippen molar-refractivity contribution in [2.75, 3.05) is 11.8 Å². The number of aromatic nitrogens is 4. The molecule has 33 heavy (non-hydrogen) atoms. The zero-order valence-corrected chi connectivity index (χ0v) is 18.6. The number of benzene rings is 1. The first-order valence-electron chi connectivity index (χ1n) is 9.38. The van der Waals surface area contributed by atoms with Crippen molar-refractivity contribution in [3.05, 3.63) is 83.7 Å². The third kappa shape index (κ3) is 4.94. The van der Waals surface area contributed by atoms with E-state index < -0.39 is 10.0 Å². The Hall–Kier alpha value is -3.96. The normalized spacial score (nSPS) is 11.1. The van der Waals surface area contributed by atoms with Gasteiger partial charge in [0, 0.05) is 30.1 Å². The van der Waals surface area contributed by atoms with Crippen LogP contribution in [0.3, 0.4) is 0 Å². The fourth-order valence-electron chi connectivity index (χ4n) is 2.78. The molecule has 1 N–H and O–H groups in total. The molecule has 0 unspecified atom stereocenters. The molecule has 3 aromatic heterocycles. The second-order valence-electron chi connectivity index (χ2n) is 6.51. The van der Waals surface area contributed by atoms with Crippen LogP contribution < -0.4 is 18.9 Å². The van der Waals surface area contributed by atoms with Crippen LogP contribution in [0.25, 0.3) is 11.4 Å². The largest absolute Gasteiger partial charge is 0.619 e. The zero-order chi connectivity index (χ0) is 23.4. The van der Waals surface area contributed by atoms with Crippen LogP contribution in [0.5, 0.6) is 17.2 Å². The number of hydrogen-bond donors (Lipinski definition) is 1. The Morgan fingerprint density at radius 3 is 2.42 bits per heavy atom. The Kier molecular flexibility index (Phi) is 6.24. The fraction of sp³-hybridized carbons (Fsp3) is 0.0476.